The molecule has 0 spiro atoms. The molecule has 2 atom stereocenters. The Bertz CT molecular complexity index is 1480. The predicted octanol–water partition coefficient (Wildman–Crippen LogP) is 8.23. The molecule has 8 N–H and O–H groups in total. The van der Waals surface area contributed by atoms with Crippen LogP contribution in [0.3, 0.4) is 0 Å². The number of rotatable bonds is 9. The van der Waals surface area contributed by atoms with E-state index in [1.807, 2.05) is 18.2 Å². The van der Waals surface area contributed by atoms with Crippen LogP contribution in [0.15, 0.2) is 54.6 Å². The number of aliphatic hydroxyl groups excluding tert-OH is 2. The average molecular weight is 710 g/mol. The Morgan fingerprint density at radius 3 is 1.65 bits per heavy atom. The highest BCUT2D eigenvalue weighted by atomic mass is 35.5. The number of nitrogens with one attached hydrogen (secondary N) is 4. The van der Waals surface area contributed by atoms with Crippen LogP contribution in [-0.2, 0) is 6.42 Å². The van der Waals surface area contributed by atoms with E-state index in [4.69, 9.17) is 47.6 Å². The van der Waals surface area contributed by atoms with Crippen molar-refractivity contribution in [3.63, 3.8) is 0 Å². The lowest BCUT2D eigenvalue weighted by Crippen LogP contribution is -2.47. The zero-order valence-electron chi connectivity index (χ0n) is 27.3. The van der Waals surface area contributed by atoms with Crippen LogP contribution in [0.2, 0.25) is 10.0 Å². The molecule has 0 aromatic heterocycles. The van der Waals surface area contributed by atoms with Crippen molar-refractivity contribution in [2.45, 2.75) is 79.1 Å². The van der Waals surface area contributed by atoms with Crippen LogP contribution in [0.1, 0.15) is 83.8 Å². The molecule has 2 unspecified atom stereocenters. The van der Waals surface area contributed by atoms with E-state index in [1.54, 1.807) is 26.0 Å². The number of benzene rings is 3. The third-order valence-corrected chi connectivity index (χ3v) is 7.46. The second-order valence-electron chi connectivity index (χ2n) is 13.0. The number of aliphatic hydroxyl groups is 2. The lowest BCUT2D eigenvalue weighted by atomic mass is 9.82. The summed E-state index contributed by atoms with van der Waals surface area (Å²) < 4.78 is 0. The third kappa shape index (κ3) is 13.5. The molecule has 8 nitrogen and oxygen atoms in total. The fourth-order valence-electron chi connectivity index (χ4n) is 5.03. The van der Waals surface area contributed by atoms with Gasteiger partial charge in [0.25, 0.3) is 0 Å². The Balaban J connectivity index is 0.000000320. The fourth-order valence-corrected chi connectivity index (χ4v) is 6.08. The molecule has 252 valence electrons. The van der Waals surface area contributed by atoms with Gasteiger partial charge in [-0.15, -0.1) is 0 Å². The Labute approximate surface area is 293 Å². The second kappa shape index (κ2) is 17.3. The molecule has 0 saturated heterocycles. The van der Waals surface area contributed by atoms with Gasteiger partial charge in [0.05, 0.1) is 23.6 Å². The molecule has 46 heavy (non-hydrogen) atoms. The van der Waals surface area contributed by atoms with E-state index >= 15 is 0 Å². The van der Waals surface area contributed by atoms with Gasteiger partial charge < -0.3 is 41.7 Å². The van der Waals surface area contributed by atoms with Gasteiger partial charge in [0.15, 0.2) is 10.2 Å². The second-order valence-corrected chi connectivity index (χ2v) is 14.6. The molecule has 0 radical (unpaired) electrons. The summed E-state index contributed by atoms with van der Waals surface area (Å²) in [5, 5.41) is 53.6. The van der Waals surface area contributed by atoms with Crippen molar-refractivity contribution < 1.29 is 20.4 Å². The van der Waals surface area contributed by atoms with Gasteiger partial charge >= 0.3 is 0 Å². The maximum absolute atomic E-state index is 10.2. The van der Waals surface area contributed by atoms with Crippen molar-refractivity contribution in [3.05, 3.63) is 81.3 Å². The zero-order chi connectivity index (χ0) is 34.8. The van der Waals surface area contributed by atoms with Crippen molar-refractivity contribution in [1.29, 1.82) is 0 Å². The molecule has 3 aromatic carbocycles. The van der Waals surface area contributed by atoms with E-state index in [0.717, 1.165) is 12.8 Å². The highest BCUT2D eigenvalue weighted by Gasteiger charge is 2.26. The summed E-state index contributed by atoms with van der Waals surface area (Å²) in [6.45, 7) is 14.5. The van der Waals surface area contributed by atoms with Crippen LogP contribution in [0, 0.1) is 5.41 Å². The highest BCUT2D eigenvalue weighted by molar-refractivity contribution is 7.80. The number of thiocarbonyl (C=S) groups is 2. The monoisotopic (exact) mass is 708 g/mol. The van der Waals surface area contributed by atoms with E-state index in [0.29, 0.717) is 49.3 Å². The van der Waals surface area contributed by atoms with Crippen LogP contribution in [0.25, 0.3) is 0 Å². The van der Waals surface area contributed by atoms with Gasteiger partial charge in [-0.05, 0) is 100 Å². The summed E-state index contributed by atoms with van der Waals surface area (Å²) >= 11 is 22.6. The Morgan fingerprint density at radius 1 is 0.761 bits per heavy atom. The van der Waals surface area contributed by atoms with Crippen LogP contribution in [-0.4, -0.2) is 42.7 Å². The summed E-state index contributed by atoms with van der Waals surface area (Å²) in [5.74, 6) is -0.112. The largest absolute Gasteiger partial charge is 0.505 e. The van der Waals surface area contributed by atoms with Gasteiger partial charge in [0.2, 0.25) is 0 Å². The molecular formula is C34H46Cl2N4O4S2. The van der Waals surface area contributed by atoms with Gasteiger partial charge in [-0.2, -0.15) is 0 Å². The van der Waals surface area contributed by atoms with Gasteiger partial charge in [-0.25, -0.2) is 0 Å². The van der Waals surface area contributed by atoms with Crippen molar-refractivity contribution in [2.24, 2.45) is 5.41 Å². The van der Waals surface area contributed by atoms with Gasteiger partial charge in [0.1, 0.15) is 11.5 Å². The molecule has 12 heteroatoms. The first-order valence-corrected chi connectivity index (χ1v) is 16.4. The third-order valence-electron chi connectivity index (χ3n) is 6.57. The Kier molecular flexibility index (Phi) is 14.8. The summed E-state index contributed by atoms with van der Waals surface area (Å²) in [7, 11) is 0. The van der Waals surface area contributed by atoms with E-state index < -0.39 is 12.2 Å². The molecule has 0 bridgehead atoms. The number of anilines is 2. The maximum Gasteiger partial charge on any atom is 0.171 e. The molecule has 0 fully saturated rings. The standard InChI is InChI=1S/C17H19ClN2O2S.C17H27ClN2O2S/c1-11(21)14-9-13(18)10-15(16(14)22)20-17(23)19-8-7-12-5-3-2-4-6-12;1-10(21)12-7-11(18)8-13(14(12)22)19-15(23)20-17(5,6)9-16(2,3)4/h2-6,9-11,21-22H,7-8H2,1H3,(H2,19,20,23);7-8,10,21-22H,9H2,1-6H3,(H2,19,20,23). The normalized spacial score (nSPS) is 12.7. The number of phenols is 2. The van der Waals surface area contributed by atoms with Crippen molar-refractivity contribution in [1.82, 2.24) is 10.6 Å². The van der Waals surface area contributed by atoms with Crippen LogP contribution >= 0.6 is 47.6 Å². The number of aromatic hydroxyl groups is 2. The molecule has 3 rings (SSSR count). The molecule has 0 aliphatic carbocycles. The molecular weight excluding hydrogens is 663 g/mol. The first-order chi connectivity index (χ1) is 21.3. The number of hydrogen-bond donors (Lipinski definition) is 8. The topological polar surface area (TPSA) is 129 Å². The van der Waals surface area contributed by atoms with Gasteiger partial charge in [-0.3, -0.25) is 0 Å². The zero-order valence-corrected chi connectivity index (χ0v) is 30.5. The maximum atomic E-state index is 10.2. The molecule has 0 heterocycles. The predicted molar refractivity (Wildman–Crippen MR) is 199 cm³/mol. The van der Waals surface area contributed by atoms with E-state index in [9.17, 15) is 20.4 Å². The van der Waals surface area contributed by atoms with E-state index in [1.165, 1.54) is 17.7 Å². The summed E-state index contributed by atoms with van der Waals surface area (Å²) in [6, 6.07) is 16.3. The van der Waals surface area contributed by atoms with E-state index in [2.05, 4.69) is 68.0 Å². The first-order valence-electron chi connectivity index (χ1n) is 14.9. The number of hydrogen-bond acceptors (Lipinski definition) is 6. The van der Waals surface area contributed by atoms with E-state index in [-0.39, 0.29) is 22.5 Å². The minimum atomic E-state index is -0.826. The SMILES string of the molecule is CC(O)c1cc(Cl)cc(NC(=S)NC(C)(C)CC(C)(C)C)c1O.CC(O)c1cc(Cl)cc(NC(=S)NCCc2ccccc2)c1O. The lowest BCUT2D eigenvalue weighted by molar-refractivity contribution is 0.194. The Hall–Kier alpha value is -2.86. The van der Waals surface area contributed by atoms with Crippen LogP contribution in [0.5, 0.6) is 11.5 Å². The number of halogens is 2. The van der Waals surface area contributed by atoms with Gasteiger partial charge in [0, 0.05) is 33.3 Å². The minimum Gasteiger partial charge on any atom is -0.505 e. The van der Waals surface area contributed by atoms with Crippen molar-refractivity contribution >= 4 is 69.2 Å². The molecule has 0 amide bonds. The molecule has 0 aliphatic heterocycles. The molecule has 3 aromatic rings. The van der Waals surface area contributed by atoms with Crippen molar-refractivity contribution in [3.8, 4) is 11.5 Å². The molecule has 0 aliphatic rings. The summed E-state index contributed by atoms with van der Waals surface area (Å²) in [5.41, 5.74) is 2.62. The van der Waals surface area contributed by atoms with Crippen LogP contribution < -0.4 is 21.3 Å². The summed E-state index contributed by atoms with van der Waals surface area (Å²) in [4.78, 5) is 0. The van der Waals surface area contributed by atoms with Crippen LogP contribution in [0.4, 0.5) is 11.4 Å². The first kappa shape index (κ1) is 39.3. The highest BCUT2D eigenvalue weighted by Crippen LogP contribution is 2.36. The fraction of sp³-hybridized carbons (Fsp3) is 0.412. The summed E-state index contributed by atoms with van der Waals surface area (Å²) in [6.07, 6.45) is 0.104. The van der Waals surface area contributed by atoms with Crippen molar-refractivity contribution in [2.75, 3.05) is 17.2 Å². The quantitative estimate of drug-likeness (QED) is 0.0813. The molecule has 0 saturated carbocycles. The smallest absolute Gasteiger partial charge is 0.171 e. The Morgan fingerprint density at radius 2 is 1.22 bits per heavy atom. The minimum absolute atomic E-state index is 0.0535. The van der Waals surface area contributed by atoms with Gasteiger partial charge in [-0.1, -0.05) is 74.3 Å². The average Bonchev–Trinajstić information content (AvgIpc) is 2.91. The number of phenolic OH excluding ortho intramolecular Hbond substituents is 2. The lowest BCUT2D eigenvalue weighted by Gasteiger charge is -2.34.